The van der Waals surface area contributed by atoms with Gasteiger partial charge in [0.2, 0.25) is 0 Å². The Kier molecular flexibility index (Phi) is 6.01. The van der Waals surface area contributed by atoms with Gasteiger partial charge in [-0.3, -0.25) is 0 Å². The molecule has 0 saturated carbocycles. The maximum atomic E-state index is 12.0. The van der Waals surface area contributed by atoms with Crippen molar-refractivity contribution in [3.63, 3.8) is 0 Å². The van der Waals surface area contributed by atoms with Crippen LogP contribution >= 0.6 is 0 Å². The first-order chi connectivity index (χ1) is 11.3. The number of ether oxygens (including phenoxy) is 2. The third kappa shape index (κ3) is 6.07. The van der Waals surface area contributed by atoms with E-state index in [2.05, 4.69) is 0 Å². The van der Waals surface area contributed by atoms with Crippen LogP contribution < -0.4 is 0 Å². The zero-order valence-corrected chi connectivity index (χ0v) is 14.5. The van der Waals surface area contributed by atoms with Crippen molar-refractivity contribution in [2.75, 3.05) is 13.1 Å². The summed E-state index contributed by atoms with van der Waals surface area (Å²) in [4.78, 5) is 25.4. The van der Waals surface area contributed by atoms with Crippen molar-refractivity contribution in [3.8, 4) is 0 Å². The minimum Gasteiger partial charge on any atom is -0.458 e. The summed E-state index contributed by atoms with van der Waals surface area (Å²) in [5.74, 6) is -0.212. The molecule has 1 saturated heterocycles. The summed E-state index contributed by atoms with van der Waals surface area (Å²) >= 11 is 0. The Bertz CT molecular complexity index is 589. The zero-order valence-electron chi connectivity index (χ0n) is 14.5. The fourth-order valence-electron chi connectivity index (χ4n) is 2.43. The molecule has 1 heterocycles. The van der Waals surface area contributed by atoms with E-state index >= 15 is 0 Å². The molecule has 130 valence electrons. The number of hydrogen-bond acceptors (Lipinski definition) is 4. The number of esters is 1. The van der Waals surface area contributed by atoms with E-state index < -0.39 is 5.60 Å². The largest absolute Gasteiger partial charge is 0.458 e. The first-order valence-electron chi connectivity index (χ1n) is 8.20. The molecule has 0 aliphatic carbocycles. The summed E-state index contributed by atoms with van der Waals surface area (Å²) in [5.41, 5.74) is 0.461. The highest BCUT2D eigenvalue weighted by Gasteiger charge is 2.28. The van der Waals surface area contributed by atoms with E-state index in [0.717, 1.165) is 12.0 Å². The summed E-state index contributed by atoms with van der Waals surface area (Å²) < 4.78 is 10.6. The van der Waals surface area contributed by atoms with Gasteiger partial charge >= 0.3 is 12.1 Å². The van der Waals surface area contributed by atoms with Gasteiger partial charge in [0.15, 0.2) is 0 Å². The van der Waals surface area contributed by atoms with E-state index in [9.17, 15) is 9.59 Å². The maximum Gasteiger partial charge on any atom is 0.410 e. The molecule has 1 aromatic carbocycles. The third-order valence-electron chi connectivity index (χ3n) is 3.60. The monoisotopic (exact) mass is 331 g/mol. The Hall–Kier alpha value is -2.30. The van der Waals surface area contributed by atoms with Crippen LogP contribution in [0.15, 0.2) is 42.5 Å². The summed E-state index contributed by atoms with van der Waals surface area (Å²) in [6.45, 7) is 7.02. The van der Waals surface area contributed by atoms with Gasteiger partial charge < -0.3 is 14.4 Å². The minimum absolute atomic E-state index is 0.154. The quantitative estimate of drug-likeness (QED) is 0.625. The zero-order chi connectivity index (χ0) is 17.6. The smallest absolute Gasteiger partial charge is 0.410 e. The Balaban J connectivity index is 1.75. The van der Waals surface area contributed by atoms with Crippen molar-refractivity contribution in [1.82, 2.24) is 4.90 Å². The lowest BCUT2D eigenvalue weighted by Gasteiger charge is -2.24. The van der Waals surface area contributed by atoms with Crippen molar-refractivity contribution in [2.45, 2.75) is 39.4 Å². The van der Waals surface area contributed by atoms with Crippen LogP contribution in [0, 0.1) is 5.92 Å². The van der Waals surface area contributed by atoms with Gasteiger partial charge in [-0.2, -0.15) is 0 Å². The molecular formula is C19H25NO4. The molecule has 24 heavy (non-hydrogen) atoms. The molecule has 1 atom stereocenters. The van der Waals surface area contributed by atoms with Crippen LogP contribution in [0.25, 0.3) is 0 Å². The SMILES string of the molecule is CC(C)(C)OC(=O)N1CC[C@H](C=CC(=O)OCc2ccccc2)C1. The van der Waals surface area contributed by atoms with Crippen LogP contribution in [0.2, 0.25) is 0 Å². The number of benzene rings is 1. The molecule has 5 nitrogen and oxygen atoms in total. The van der Waals surface area contributed by atoms with Gasteiger partial charge in [-0.15, -0.1) is 0 Å². The van der Waals surface area contributed by atoms with Crippen molar-refractivity contribution >= 4 is 12.1 Å². The highest BCUT2D eigenvalue weighted by Crippen LogP contribution is 2.20. The average Bonchev–Trinajstić information content (AvgIpc) is 2.99. The number of nitrogens with zero attached hydrogens (tertiary/aromatic N) is 1. The Morgan fingerprint density at radius 3 is 2.62 bits per heavy atom. The van der Waals surface area contributed by atoms with Gasteiger partial charge in [0.05, 0.1) is 0 Å². The highest BCUT2D eigenvalue weighted by atomic mass is 16.6. The molecule has 1 fully saturated rings. The molecule has 0 aromatic heterocycles. The predicted octanol–water partition coefficient (Wildman–Crippen LogP) is 3.54. The lowest BCUT2D eigenvalue weighted by Crippen LogP contribution is -2.35. The number of amides is 1. The molecule has 0 bridgehead atoms. The molecule has 5 heteroatoms. The van der Waals surface area contributed by atoms with E-state index in [1.54, 1.807) is 4.90 Å². The van der Waals surface area contributed by atoms with E-state index in [0.29, 0.717) is 13.1 Å². The minimum atomic E-state index is -0.494. The normalized spacial score (nSPS) is 18.0. The van der Waals surface area contributed by atoms with Crippen molar-refractivity contribution in [1.29, 1.82) is 0 Å². The summed E-state index contributed by atoms with van der Waals surface area (Å²) in [6, 6.07) is 9.55. The van der Waals surface area contributed by atoms with Crippen LogP contribution in [0.3, 0.4) is 0 Å². The molecular weight excluding hydrogens is 306 g/mol. The Labute approximate surface area is 143 Å². The average molecular weight is 331 g/mol. The molecule has 1 aromatic rings. The standard InChI is InChI=1S/C19H25NO4/c1-19(2,3)24-18(22)20-12-11-15(13-20)9-10-17(21)23-14-16-7-5-4-6-8-16/h4-10,15H,11-14H2,1-3H3/t15-/m0/s1. The van der Waals surface area contributed by atoms with Crippen LogP contribution in [-0.2, 0) is 20.9 Å². The molecule has 0 unspecified atom stereocenters. The van der Waals surface area contributed by atoms with E-state index in [1.165, 1.54) is 6.08 Å². The van der Waals surface area contributed by atoms with Gasteiger partial charge in [-0.25, -0.2) is 9.59 Å². The third-order valence-corrected chi connectivity index (χ3v) is 3.60. The Morgan fingerprint density at radius 1 is 1.25 bits per heavy atom. The summed E-state index contributed by atoms with van der Waals surface area (Å²) in [5, 5.41) is 0. The van der Waals surface area contributed by atoms with E-state index in [1.807, 2.05) is 57.2 Å². The summed E-state index contributed by atoms with van der Waals surface area (Å²) in [7, 11) is 0. The van der Waals surface area contributed by atoms with Crippen LogP contribution in [0.4, 0.5) is 4.79 Å². The summed E-state index contributed by atoms with van der Waals surface area (Å²) in [6.07, 6.45) is 3.79. The van der Waals surface area contributed by atoms with Gasteiger partial charge in [-0.05, 0) is 38.7 Å². The van der Waals surface area contributed by atoms with Crippen molar-refractivity contribution in [2.24, 2.45) is 5.92 Å². The van der Waals surface area contributed by atoms with Gasteiger partial charge in [0.1, 0.15) is 12.2 Å². The van der Waals surface area contributed by atoms with Gasteiger partial charge in [0.25, 0.3) is 0 Å². The topological polar surface area (TPSA) is 55.8 Å². The van der Waals surface area contributed by atoms with Crippen LogP contribution in [0.5, 0.6) is 0 Å². The molecule has 1 aliphatic rings. The van der Waals surface area contributed by atoms with E-state index in [4.69, 9.17) is 9.47 Å². The molecule has 0 spiro atoms. The number of carbonyl (C=O) groups is 2. The molecule has 0 radical (unpaired) electrons. The van der Waals surface area contributed by atoms with E-state index in [-0.39, 0.29) is 24.6 Å². The van der Waals surface area contributed by atoms with Crippen LogP contribution in [-0.4, -0.2) is 35.7 Å². The fraction of sp³-hybridized carbons (Fsp3) is 0.474. The van der Waals surface area contributed by atoms with Crippen molar-refractivity contribution in [3.05, 3.63) is 48.0 Å². The molecule has 2 rings (SSSR count). The van der Waals surface area contributed by atoms with Gasteiger partial charge in [0, 0.05) is 19.2 Å². The molecule has 1 amide bonds. The second-order valence-corrected chi connectivity index (χ2v) is 6.93. The lowest BCUT2D eigenvalue weighted by atomic mass is 10.1. The fourth-order valence-corrected chi connectivity index (χ4v) is 2.43. The lowest BCUT2D eigenvalue weighted by molar-refractivity contribution is -0.139. The number of likely N-dealkylation sites (tertiary alicyclic amines) is 1. The van der Waals surface area contributed by atoms with Crippen LogP contribution in [0.1, 0.15) is 32.8 Å². The highest BCUT2D eigenvalue weighted by molar-refractivity contribution is 5.82. The first kappa shape index (κ1) is 18.0. The first-order valence-corrected chi connectivity index (χ1v) is 8.20. The second kappa shape index (κ2) is 7.99. The number of rotatable bonds is 4. The number of hydrogen-bond donors (Lipinski definition) is 0. The number of carbonyl (C=O) groups excluding carboxylic acids is 2. The van der Waals surface area contributed by atoms with Gasteiger partial charge in [-0.1, -0.05) is 36.4 Å². The predicted molar refractivity (Wildman–Crippen MR) is 91.3 cm³/mol. The van der Waals surface area contributed by atoms with Crippen molar-refractivity contribution < 1.29 is 19.1 Å². The molecule has 1 aliphatic heterocycles. The Morgan fingerprint density at radius 2 is 1.96 bits per heavy atom. The maximum absolute atomic E-state index is 12.0. The second-order valence-electron chi connectivity index (χ2n) is 6.93. The molecule has 0 N–H and O–H groups in total.